The molecule has 1 saturated carbocycles. The summed E-state index contributed by atoms with van der Waals surface area (Å²) in [6, 6.07) is 5.03. The van der Waals surface area contributed by atoms with Crippen LogP contribution in [0.5, 0.6) is 0 Å². The van der Waals surface area contributed by atoms with E-state index in [0.717, 1.165) is 25.4 Å². The number of anilines is 2. The van der Waals surface area contributed by atoms with Gasteiger partial charge in [0.05, 0.1) is 11.4 Å². The van der Waals surface area contributed by atoms with Crippen molar-refractivity contribution in [2.24, 2.45) is 5.92 Å². The minimum Gasteiger partial charge on any atom is -0.397 e. The summed E-state index contributed by atoms with van der Waals surface area (Å²) in [5.41, 5.74) is 6.85. The number of hydrogen-bond acceptors (Lipinski definition) is 3. The van der Waals surface area contributed by atoms with Gasteiger partial charge in [0.15, 0.2) is 0 Å². The summed E-state index contributed by atoms with van der Waals surface area (Å²) in [6.45, 7) is 1.44. The van der Waals surface area contributed by atoms with Crippen LogP contribution < -0.4 is 11.1 Å². The highest BCUT2D eigenvalue weighted by molar-refractivity contribution is 6.31. The van der Waals surface area contributed by atoms with Crippen LogP contribution >= 0.6 is 11.6 Å². The lowest BCUT2D eigenvalue weighted by molar-refractivity contribution is -0.116. The standard InChI is InChI=1S/C15H21ClN2O2/c16-12-5-6-13(17)14(10-12)18-15(19)2-1-8-20-9-7-11-3-4-11/h5-6,10-11H,1-4,7-9,17H2,(H,18,19). The molecule has 0 bridgehead atoms. The minimum atomic E-state index is -0.0650. The third-order valence-corrected chi connectivity index (χ3v) is 3.58. The Balaban J connectivity index is 1.60. The highest BCUT2D eigenvalue weighted by Crippen LogP contribution is 2.32. The molecule has 0 unspecified atom stereocenters. The molecule has 1 amide bonds. The van der Waals surface area contributed by atoms with Crippen LogP contribution in [0.1, 0.15) is 32.1 Å². The lowest BCUT2D eigenvalue weighted by Crippen LogP contribution is -2.13. The van der Waals surface area contributed by atoms with Gasteiger partial charge in [-0.3, -0.25) is 4.79 Å². The van der Waals surface area contributed by atoms with E-state index in [1.807, 2.05) is 0 Å². The number of halogens is 1. The van der Waals surface area contributed by atoms with Crippen molar-refractivity contribution in [3.8, 4) is 0 Å². The fraction of sp³-hybridized carbons (Fsp3) is 0.533. The highest BCUT2D eigenvalue weighted by Gasteiger charge is 2.20. The molecule has 4 nitrogen and oxygen atoms in total. The van der Waals surface area contributed by atoms with E-state index >= 15 is 0 Å². The summed E-state index contributed by atoms with van der Waals surface area (Å²) >= 11 is 5.87. The molecule has 1 aromatic rings. The van der Waals surface area contributed by atoms with Gasteiger partial charge in [-0.05, 0) is 37.0 Å². The molecule has 0 heterocycles. The van der Waals surface area contributed by atoms with Gasteiger partial charge in [0.25, 0.3) is 0 Å². The normalized spacial score (nSPS) is 14.2. The summed E-state index contributed by atoms with van der Waals surface area (Å²) in [4.78, 5) is 11.8. The number of benzene rings is 1. The van der Waals surface area contributed by atoms with E-state index in [9.17, 15) is 4.79 Å². The van der Waals surface area contributed by atoms with E-state index < -0.39 is 0 Å². The second-order valence-electron chi connectivity index (χ2n) is 5.23. The summed E-state index contributed by atoms with van der Waals surface area (Å²) in [5.74, 6) is 0.828. The van der Waals surface area contributed by atoms with Crippen LogP contribution in [0.4, 0.5) is 11.4 Å². The summed E-state index contributed by atoms with van der Waals surface area (Å²) in [6.07, 6.45) is 5.01. The number of carbonyl (C=O) groups is 1. The summed E-state index contributed by atoms with van der Waals surface area (Å²) in [7, 11) is 0. The molecule has 0 saturated heterocycles. The summed E-state index contributed by atoms with van der Waals surface area (Å²) in [5, 5.41) is 3.32. The van der Waals surface area contributed by atoms with E-state index in [1.165, 1.54) is 12.8 Å². The lowest BCUT2D eigenvalue weighted by atomic mass is 10.2. The van der Waals surface area contributed by atoms with Gasteiger partial charge in [-0.25, -0.2) is 0 Å². The first-order valence-electron chi connectivity index (χ1n) is 7.08. The number of nitrogen functional groups attached to an aromatic ring is 1. The average Bonchev–Trinajstić information content (AvgIpc) is 3.22. The number of nitrogens with one attached hydrogen (secondary N) is 1. The van der Waals surface area contributed by atoms with Gasteiger partial charge in [0, 0.05) is 24.7 Å². The molecule has 1 aliphatic rings. The maximum Gasteiger partial charge on any atom is 0.224 e. The van der Waals surface area contributed by atoms with Crippen LogP contribution in [-0.2, 0) is 9.53 Å². The largest absolute Gasteiger partial charge is 0.397 e. The molecule has 1 aromatic carbocycles. The van der Waals surface area contributed by atoms with E-state index in [-0.39, 0.29) is 5.91 Å². The Morgan fingerprint density at radius 1 is 1.40 bits per heavy atom. The Kier molecular flexibility index (Phi) is 5.68. The van der Waals surface area contributed by atoms with Crippen LogP contribution in [0.2, 0.25) is 5.02 Å². The molecule has 5 heteroatoms. The number of carbonyl (C=O) groups excluding carboxylic acids is 1. The first kappa shape index (κ1) is 15.1. The van der Waals surface area contributed by atoms with Crippen LogP contribution in [0.25, 0.3) is 0 Å². The fourth-order valence-corrected chi connectivity index (χ4v) is 2.11. The van der Waals surface area contributed by atoms with Crippen molar-refractivity contribution in [1.82, 2.24) is 0 Å². The molecule has 3 N–H and O–H groups in total. The Bertz CT molecular complexity index is 461. The van der Waals surface area contributed by atoms with Gasteiger partial charge < -0.3 is 15.8 Å². The Hall–Kier alpha value is -1.26. The van der Waals surface area contributed by atoms with Crippen molar-refractivity contribution in [1.29, 1.82) is 0 Å². The maximum absolute atomic E-state index is 11.8. The first-order chi connectivity index (χ1) is 9.65. The number of ether oxygens (including phenoxy) is 1. The smallest absolute Gasteiger partial charge is 0.224 e. The van der Waals surface area contributed by atoms with Gasteiger partial charge in [-0.1, -0.05) is 24.4 Å². The van der Waals surface area contributed by atoms with Crippen molar-refractivity contribution < 1.29 is 9.53 Å². The molecule has 0 atom stereocenters. The molecule has 0 spiro atoms. The number of amides is 1. The third-order valence-electron chi connectivity index (χ3n) is 3.35. The second-order valence-corrected chi connectivity index (χ2v) is 5.66. The first-order valence-corrected chi connectivity index (χ1v) is 7.45. The van der Waals surface area contributed by atoms with Gasteiger partial charge >= 0.3 is 0 Å². The van der Waals surface area contributed by atoms with E-state index in [1.54, 1.807) is 18.2 Å². The molecular weight excluding hydrogens is 276 g/mol. The highest BCUT2D eigenvalue weighted by atomic mass is 35.5. The van der Waals surface area contributed by atoms with Gasteiger partial charge in [-0.2, -0.15) is 0 Å². The predicted octanol–water partition coefficient (Wildman–Crippen LogP) is 3.46. The monoisotopic (exact) mass is 296 g/mol. The van der Waals surface area contributed by atoms with Crippen LogP contribution in [0.3, 0.4) is 0 Å². The zero-order chi connectivity index (χ0) is 14.4. The predicted molar refractivity (Wildman–Crippen MR) is 81.9 cm³/mol. The van der Waals surface area contributed by atoms with Crippen molar-refractivity contribution in [2.45, 2.75) is 32.1 Å². The van der Waals surface area contributed by atoms with Crippen molar-refractivity contribution in [3.05, 3.63) is 23.2 Å². The molecule has 20 heavy (non-hydrogen) atoms. The molecule has 2 rings (SSSR count). The number of nitrogens with two attached hydrogens (primary N) is 1. The van der Waals surface area contributed by atoms with Gasteiger partial charge in [0.2, 0.25) is 5.91 Å². The summed E-state index contributed by atoms with van der Waals surface area (Å²) < 4.78 is 5.50. The van der Waals surface area contributed by atoms with Crippen molar-refractivity contribution in [2.75, 3.05) is 24.3 Å². The van der Waals surface area contributed by atoms with Crippen LogP contribution in [-0.4, -0.2) is 19.1 Å². The van der Waals surface area contributed by atoms with Gasteiger partial charge in [-0.15, -0.1) is 0 Å². The van der Waals surface area contributed by atoms with E-state index in [2.05, 4.69) is 5.32 Å². The topological polar surface area (TPSA) is 64.3 Å². The van der Waals surface area contributed by atoms with Crippen molar-refractivity contribution in [3.63, 3.8) is 0 Å². The quantitative estimate of drug-likeness (QED) is 0.570. The zero-order valence-electron chi connectivity index (χ0n) is 11.5. The maximum atomic E-state index is 11.8. The fourth-order valence-electron chi connectivity index (χ4n) is 1.94. The number of rotatable bonds is 8. The minimum absolute atomic E-state index is 0.0650. The Morgan fingerprint density at radius 3 is 2.95 bits per heavy atom. The molecule has 1 fully saturated rings. The van der Waals surface area contributed by atoms with Gasteiger partial charge in [0.1, 0.15) is 0 Å². The Morgan fingerprint density at radius 2 is 2.20 bits per heavy atom. The second kappa shape index (κ2) is 7.50. The molecule has 1 aliphatic carbocycles. The molecule has 110 valence electrons. The molecular formula is C15H21ClN2O2. The van der Waals surface area contributed by atoms with E-state index in [0.29, 0.717) is 29.4 Å². The third kappa shape index (κ3) is 5.39. The van der Waals surface area contributed by atoms with Crippen molar-refractivity contribution >= 4 is 28.9 Å². The average molecular weight is 297 g/mol. The molecule has 0 radical (unpaired) electrons. The van der Waals surface area contributed by atoms with Crippen LogP contribution in [0.15, 0.2) is 18.2 Å². The lowest BCUT2D eigenvalue weighted by Gasteiger charge is -2.08. The molecule has 0 aromatic heterocycles. The Labute approximate surface area is 124 Å². The van der Waals surface area contributed by atoms with E-state index in [4.69, 9.17) is 22.1 Å². The number of hydrogen-bond donors (Lipinski definition) is 2. The zero-order valence-corrected chi connectivity index (χ0v) is 12.3. The van der Waals surface area contributed by atoms with Crippen LogP contribution in [0, 0.1) is 5.92 Å². The molecule has 0 aliphatic heterocycles. The SMILES string of the molecule is Nc1ccc(Cl)cc1NC(=O)CCCOCCC1CC1.